The van der Waals surface area contributed by atoms with Gasteiger partial charge < -0.3 is 10.0 Å². The first-order valence-corrected chi connectivity index (χ1v) is 6.69. The number of rotatable bonds is 2. The quantitative estimate of drug-likeness (QED) is 0.899. The molecule has 2 nitrogen and oxygen atoms in total. The lowest BCUT2D eigenvalue weighted by molar-refractivity contribution is 0.471. The van der Waals surface area contributed by atoms with Crippen molar-refractivity contribution in [1.82, 2.24) is 0 Å². The molecule has 0 bridgehead atoms. The lowest BCUT2D eigenvalue weighted by Gasteiger charge is -2.22. The molecular formula is C17H20ClNO. The number of phenols is 1. The molecule has 1 aliphatic rings. The molecule has 0 atom stereocenters. The van der Waals surface area contributed by atoms with Crippen LogP contribution in [0.5, 0.6) is 5.75 Å². The third kappa shape index (κ3) is 2.61. The van der Waals surface area contributed by atoms with Gasteiger partial charge in [0.15, 0.2) is 0 Å². The summed E-state index contributed by atoms with van der Waals surface area (Å²) >= 11 is 0. The topological polar surface area (TPSA) is 23.5 Å². The van der Waals surface area contributed by atoms with Gasteiger partial charge in [-0.3, -0.25) is 0 Å². The summed E-state index contributed by atoms with van der Waals surface area (Å²) < 4.78 is 0. The number of phenolic OH excluding ortho intramolecular Hbond substituents is 1. The normalized spacial score (nSPS) is 15.6. The molecule has 0 amide bonds. The van der Waals surface area contributed by atoms with Crippen molar-refractivity contribution in [3.8, 4) is 5.75 Å². The Hall–Kier alpha value is -1.67. The van der Waals surface area contributed by atoms with Crippen LogP contribution < -0.4 is 4.90 Å². The standard InChI is InChI=1S/C17H19NO.ClH/c1-17(2)12-18(11-13-6-4-3-5-7-13)16-9-8-14(19)10-15(16)17;/h3-10,19H,11-12H2,1-2H3;1H. The lowest BCUT2D eigenvalue weighted by Crippen LogP contribution is -2.28. The summed E-state index contributed by atoms with van der Waals surface area (Å²) in [6, 6.07) is 16.2. The molecule has 106 valence electrons. The summed E-state index contributed by atoms with van der Waals surface area (Å²) in [6.07, 6.45) is 0. The van der Waals surface area contributed by atoms with Crippen molar-refractivity contribution < 1.29 is 5.11 Å². The van der Waals surface area contributed by atoms with Crippen molar-refractivity contribution in [3.63, 3.8) is 0 Å². The molecular weight excluding hydrogens is 270 g/mol. The third-order valence-electron chi connectivity index (χ3n) is 3.85. The van der Waals surface area contributed by atoms with Gasteiger partial charge in [0, 0.05) is 24.2 Å². The average molecular weight is 290 g/mol. The van der Waals surface area contributed by atoms with Gasteiger partial charge in [0.05, 0.1) is 0 Å². The fourth-order valence-electron chi connectivity index (χ4n) is 2.93. The summed E-state index contributed by atoms with van der Waals surface area (Å²) in [5.41, 5.74) is 3.89. The number of aromatic hydroxyl groups is 1. The predicted octanol–water partition coefficient (Wildman–Crippen LogP) is 4.11. The Morgan fingerprint density at radius 2 is 1.80 bits per heavy atom. The Bertz CT molecular complexity index is 595. The maximum Gasteiger partial charge on any atom is 0.116 e. The Balaban J connectivity index is 0.00000147. The molecule has 0 saturated carbocycles. The van der Waals surface area contributed by atoms with E-state index >= 15 is 0 Å². The number of hydrogen-bond donors (Lipinski definition) is 1. The molecule has 1 heterocycles. The summed E-state index contributed by atoms with van der Waals surface area (Å²) in [6.45, 7) is 6.37. The molecule has 0 fully saturated rings. The van der Waals surface area contributed by atoms with E-state index < -0.39 is 0 Å². The molecule has 3 rings (SSSR count). The maximum atomic E-state index is 9.69. The van der Waals surface area contributed by atoms with Crippen LogP contribution in [0, 0.1) is 0 Å². The van der Waals surface area contributed by atoms with Crippen molar-refractivity contribution in [2.45, 2.75) is 25.8 Å². The Morgan fingerprint density at radius 1 is 1.10 bits per heavy atom. The molecule has 0 saturated heterocycles. The van der Waals surface area contributed by atoms with Gasteiger partial charge in [-0.1, -0.05) is 44.2 Å². The zero-order valence-electron chi connectivity index (χ0n) is 11.8. The second kappa shape index (κ2) is 5.37. The predicted molar refractivity (Wildman–Crippen MR) is 85.9 cm³/mol. The molecule has 1 N–H and O–H groups in total. The highest BCUT2D eigenvalue weighted by Gasteiger charge is 2.35. The van der Waals surface area contributed by atoms with E-state index in [0.29, 0.717) is 5.75 Å². The molecule has 0 aromatic heterocycles. The van der Waals surface area contributed by atoms with E-state index in [1.807, 2.05) is 18.2 Å². The molecule has 0 unspecified atom stereocenters. The van der Waals surface area contributed by atoms with Crippen LogP contribution in [0.25, 0.3) is 0 Å². The molecule has 0 spiro atoms. The van der Waals surface area contributed by atoms with Crippen LogP contribution in [0.15, 0.2) is 48.5 Å². The molecule has 1 aliphatic heterocycles. The zero-order valence-corrected chi connectivity index (χ0v) is 12.7. The van der Waals surface area contributed by atoms with E-state index in [0.717, 1.165) is 13.1 Å². The highest BCUT2D eigenvalue weighted by Crippen LogP contribution is 2.42. The van der Waals surface area contributed by atoms with Crippen molar-refractivity contribution in [2.75, 3.05) is 11.4 Å². The number of hydrogen-bond acceptors (Lipinski definition) is 2. The van der Waals surface area contributed by atoms with Gasteiger partial charge in [0.2, 0.25) is 0 Å². The molecule has 3 heteroatoms. The van der Waals surface area contributed by atoms with Crippen molar-refractivity contribution in [2.24, 2.45) is 0 Å². The minimum absolute atomic E-state index is 0. The van der Waals surface area contributed by atoms with E-state index in [1.54, 1.807) is 6.07 Å². The van der Waals surface area contributed by atoms with Crippen molar-refractivity contribution >= 4 is 18.1 Å². The summed E-state index contributed by atoms with van der Waals surface area (Å²) in [5.74, 6) is 0.355. The number of anilines is 1. The van der Waals surface area contributed by atoms with Crippen LogP contribution in [0.1, 0.15) is 25.0 Å². The molecule has 2 aromatic rings. The summed E-state index contributed by atoms with van der Waals surface area (Å²) in [7, 11) is 0. The number of nitrogens with zero attached hydrogens (tertiary/aromatic N) is 1. The monoisotopic (exact) mass is 289 g/mol. The number of halogens is 1. The van der Waals surface area contributed by atoms with Crippen LogP contribution in [0.2, 0.25) is 0 Å². The van der Waals surface area contributed by atoms with Crippen LogP contribution in [0.4, 0.5) is 5.69 Å². The van der Waals surface area contributed by atoms with Gasteiger partial charge >= 0.3 is 0 Å². The van der Waals surface area contributed by atoms with E-state index in [9.17, 15) is 5.11 Å². The van der Waals surface area contributed by atoms with E-state index in [1.165, 1.54) is 16.8 Å². The summed E-state index contributed by atoms with van der Waals surface area (Å²) in [4.78, 5) is 2.39. The number of benzene rings is 2. The first-order valence-electron chi connectivity index (χ1n) is 6.69. The second-order valence-electron chi connectivity index (χ2n) is 5.93. The van der Waals surface area contributed by atoms with Crippen molar-refractivity contribution in [1.29, 1.82) is 0 Å². The molecule has 0 radical (unpaired) electrons. The van der Waals surface area contributed by atoms with Crippen LogP contribution in [0.3, 0.4) is 0 Å². The van der Waals surface area contributed by atoms with E-state index in [-0.39, 0.29) is 17.8 Å². The molecule has 2 aromatic carbocycles. The second-order valence-corrected chi connectivity index (χ2v) is 5.93. The minimum Gasteiger partial charge on any atom is -0.508 e. The average Bonchev–Trinajstić information content (AvgIpc) is 2.62. The first-order chi connectivity index (χ1) is 9.06. The fraction of sp³-hybridized carbons (Fsp3) is 0.294. The molecule has 20 heavy (non-hydrogen) atoms. The van der Waals surface area contributed by atoms with Crippen LogP contribution in [-0.4, -0.2) is 11.7 Å². The Labute approximate surface area is 126 Å². The largest absolute Gasteiger partial charge is 0.508 e. The van der Waals surface area contributed by atoms with Gasteiger partial charge in [0.25, 0.3) is 0 Å². The van der Waals surface area contributed by atoms with Gasteiger partial charge in [-0.05, 0) is 29.3 Å². The van der Waals surface area contributed by atoms with Gasteiger partial charge in [0.1, 0.15) is 5.75 Å². The van der Waals surface area contributed by atoms with Gasteiger partial charge in [-0.15, -0.1) is 12.4 Å². The SMILES string of the molecule is CC1(C)CN(Cc2ccccc2)c2ccc(O)cc21.Cl. The summed E-state index contributed by atoms with van der Waals surface area (Å²) in [5, 5.41) is 9.69. The zero-order chi connectivity index (χ0) is 13.5. The van der Waals surface area contributed by atoms with E-state index in [2.05, 4.69) is 43.0 Å². The minimum atomic E-state index is 0. The number of fused-ring (bicyclic) bond motifs is 1. The van der Waals surface area contributed by atoms with Gasteiger partial charge in [-0.25, -0.2) is 0 Å². The Morgan fingerprint density at radius 3 is 2.50 bits per heavy atom. The first kappa shape index (κ1) is 14.7. The smallest absolute Gasteiger partial charge is 0.116 e. The van der Waals surface area contributed by atoms with Crippen LogP contribution in [-0.2, 0) is 12.0 Å². The highest BCUT2D eigenvalue weighted by molar-refractivity contribution is 5.85. The van der Waals surface area contributed by atoms with E-state index in [4.69, 9.17) is 0 Å². The third-order valence-corrected chi connectivity index (χ3v) is 3.85. The van der Waals surface area contributed by atoms with Gasteiger partial charge in [-0.2, -0.15) is 0 Å². The fourth-order valence-corrected chi connectivity index (χ4v) is 2.93. The molecule has 0 aliphatic carbocycles. The van der Waals surface area contributed by atoms with Crippen LogP contribution >= 0.6 is 12.4 Å². The highest BCUT2D eigenvalue weighted by atomic mass is 35.5. The van der Waals surface area contributed by atoms with Crippen molar-refractivity contribution in [3.05, 3.63) is 59.7 Å². The lowest BCUT2D eigenvalue weighted by atomic mass is 9.87. The Kier molecular flexibility index (Phi) is 3.96. The maximum absolute atomic E-state index is 9.69.